The van der Waals surface area contributed by atoms with E-state index in [1.807, 2.05) is 243 Å². The number of hydrogen-bond donors (Lipinski definition) is 0. The summed E-state index contributed by atoms with van der Waals surface area (Å²) >= 11 is 13.6. The Morgan fingerprint density at radius 2 is 0.351 bits per heavy atom. The first-order valence-electron chi connectivity index (χ1n) is 29.3. The zero-order chi connectivity index (χ0) is 64.3. The minimum atomic E-state index is -0.129. The van der Waals surface area contributed by atoms with Crippen molar-refractivity contribution in [3.8, 4) is 23.0 Å². The van der Waals surface area contributed by atoms with Crippen LogP contribution in [0.4, 0.5) is 0 Å². The molecule has 0 saturated carbocycles. The van der Waals surface area contributed by atoms with Crippen LogP contribution >= 0.6 is 63.7 Å². The van der Waals surface area contributed by atoms with Crippen LogP contribution in [0.3, 0.4) is 0 Å². The molecule has 0 fully saturated rings. The van der Waals surface area contributed by atoms with Gasteiger partial charge >= 0.3 is 33.0 Å². The minimum absolute atomic E-state index is 0. The summed E-state index contributed by atoms with van der Waals surface area (Å²) in [7, 11) is 0. The molecule has 8 nitrogen and oxygen atoms in total. The fraction of sp³-hybridized carbons (Fsp3) is 0.0500. The molecule has 0 aliphatic heterocycles. The quantitative estimate of drug-likeness (QED) is 0.0701. The molecular formula is C80H60Br4N4Ni2O4. The smallest absolute Gasteiger partial charge is 0.872 e. The van der Waals surface area contributed by atoms with Gasteiger partial charge in [0.05, 0.1) is 24.2 Å². The van der Waals surface area contributed by atoms with Crippen LogP contribution in [0, 0.1) is 0 Å². The van der Waals surface area contributed by atoms with Crippen molar-refractivity contribution in [3.05, 3.63) is 400 Å². The number of benzene rings is 12. The van der Waals surface area contributed by atoms with Crippen LogP contribution in [0.15, 0.2) is 353 Å². The average molecular weight is 1580 g/mol. The normalized spacial score (nSPS) is 11.0. The van der Waals surface area contributed by atoms with Gasteiger partial charge < -0.3 is 20.4 Å². The molecule has 0 aromatic heterocycles. The molecule has 0 radical (unpaired) electrons. The summed E-state index contributed by atoms with van der Waals surface area (Å²) in [5.74, 6) is -0.123. The van der Waals surface area contributed by atoms with Crippen LogP contribution in [0.1, 0.15) is 90.9 Å². The van der Waals surface area contributed by atoms with Gasteiger partial charge in [-0.05, 0) is 115 Å². The summed E-state index contributed by atoms with van der Waals surface area (Å²) in [5.41, 5.74) is 11.1. The Kier molecular flexibility index (Phi) is 29.9. The maximum atomic E-state index is 11.9. The zero-order valence-corrected chi connectivity index (χ0v) is 58.5. The van der Waals surface area contributed by atoms with E-state index < -0.39 is 0 Å². The van der Waals surface area contributed by atoms with Gasteiger partial charge in [0.1, 0.15) is 0 Å². The van der Waals surface area contributed by atoms with Gasteiger partial charge in [-0.15, -0.1) is 0 Å². The van der Waals surface area contributed by atoms with E-state index in [1.54, 1.807) is 97.7 Å². The first-order valence-corrected chi connectivity index (χ1v) is 32.5. The SMILES string of the molecule is [Ni+2].[Ni+2].[O-]c1ccc(Br)cc1C=NC(c1ccccc1)c1ccccc1.[O-]c1ccc(Br)cc1C=NC(c1ccccc1)c1ccccc1.[O-]c1ccc(Br)cc1C=NC(c1ccccc1)c1ccccc1.[O-]c1ccc(Br)cc1C=NC(c1ccccc1)c1ccccc1. The van der Waals surface area contributed by atoms with E-state index in [4.69, 9.17) is 20.0 Å². The largest absolute Gasteiger partial charge is 2.00 e. The predicted octanol–water partition coefficient (Wildman–Crippen LogP) is 18.9. The summed E-state index contributed by atoms with van der Waals surface area (Å²) in [5, 5.41) is 47.8. The van der Waals surface area contributed by atoms with E-state index in [9.17, 15) is 20.4 Å². The van der Waals surface area contributed by atoms with Crippen LogP contribution in [-0.4, -0.2) is 24.9 Å². The van der Waals surface area contributed by atoms with E-state index in [2.05, 4.69) is 63.7 Å². The third-order valence-electron chi connectivity index (χ3n) is 14.3. The first-order chi connectivity index (χ1) is 44.9. The molecule has 12 aromatic carbocycles. The molecule has 0 aliphatic rings. The van der Waals surface area contributed by atoms with Crippen molar-refractivity contribution in [2.45, 2.75) is 24.2 Å². The second kappa shape index (κ2) is 38.6. The Morgan fingerprint density at radius 1 is 0.213 bits per heavy atom. The van der Waals surface area contributed by atoms with Gasteiger partial charge in [0, 0.05) is 42.7 Å². The van der Waals surface area contributed by atoms with Crippen molar-refractivity contribution in [1.82, 2.24) is 0 Å². The standard InChI is InChI=1S/4C20H16BrNO.2Ni/c4*21-18-11-12-19(23)17(13-18)14-22-20(15-7-3-1-4-8-15)16-9-5-2-6-10-16;;/h4*1-14,20,23H;;/q;;;;2*+2/p-4. The van der Waals surface area contributed by atoms with E-state index in [1.165, 1.54) is 0 Å². The maximum absolute atomic E-state index is 11.9. The maximum Gasteiger partial charge on any atom is 2.00 e. The van der Waals surface area contributed by atoms with Crippen molar-refractivity contribution in [3.63, 3.8) is 0 Å². The molecule has 0 aliphatic carbocycles. The van der Waals surface area contributed by atoms with Gasteiger partial charge in [-0.25, -0.2) is 0 Å². The Labute approximate surface area is 603 Å². The topological polar surface area (TPSA) is 142 Å². The molecule has 94 heavy (non-hydrogen) atoms. The van der Waals surface area contributed by atoms with Crippen LogP contribution in [-0.2, 0) is 33.0 Å². The molecule has 0 heterocycles. The van der Waals surface area contributed by atoms with Crippen molar-refractivity contribution in [1.29, 1.82) is 0 Å². The van der Waals surface area contributed by atoms with Crippen molar-refractivity contribution >= 4 is 88.6 Å². The Morgan fingerprint density at radius 3 is 0.489 bits per heavy atom. The van der Waals surface area contributed by atoms with Crippen LogP contribution in [0.5, 0.6) is 23.0 Å². The minimum Gasteiger partial charge on any atom is -0.872 e. The fourth-order valence-corrected chi connectivity index (χ4v) is 11.2. The van der Waals surface area contributed by atoms with E-state index >= 15 is 0 Å². The molecule has 0 bridgehead atoms. The molecule has 0 N–H and O–H groups in total. The summed E-state index contributed by atoms with van der Waals surface area (Å²) < 4.78 is 3.48. The van der Waals surface area contributed by atoms with Crippen LogP contribution in [0.2, 0.25) is 0 Å². The second-order valence-corrected chi connectivity index (χ2v) is 24.4. The van der Waals surface area contributed by atoms with Crippen LogP contribution in [0.25, 0.3) is 0 Å². The third-order valence-corrected chi connectivity index (χ3v) is 16.2. The van der Waals surface area contributed by atoms with Gasteiger partial charge in [0.25, 0.3) is 0 Å². The molecule has 0 saturated heterocycles. The summed E-state index contributed by atoms with van der Waals surface area (Å²) in [6.07, 6.45) is 6.66. The number of hydrogen-bond acceptors (Lipinski definition) is 8. The van der Waals surface area contributed by atoms with E-state index in [0.717, 1.165) is 62.4 Å². The molecule has 0 amide bonds. The summed E-state index contributed by atoms with van der Waals surface area (Å²) in [6, 6.07) is 100. The molecule has 0 atom stereocenters. The van der Waals surface area contributed by atoms with Crippen molar-refractivity contribution in [2.24, 2.45) is 20.0 Å². The Bertz CT molecular complexity index is 3620. The van der Waals surface area contributed by atoms with Gasteiger partial charge in [0.2, 0.25) is 0 Å². The summed E-state index contributed by atoms with van der Waals surface area (Å²) in [6.45, 7) is 0. The van der Waals surface area contributed by atoms with Gasteiger partial charge in [0.15, 0.2) is 0 Å². The molecule has 12 aromatic rings. The number of rotatable bonds is 16. The number of aliphatic imine (C=N–C) groups is 4. The van der Waals surface area contributed by atoms with Gasteiger partial charge in [-0.3, -0.25) is 20.0 Å². The number of nitrogens with zero attached hydrogens (tertiary/aromatic N) is 4. The predicted molar refractivity (Wildman–Crippen MR) is 384 cm³/mol. The van der Waals surface area contributed by atoms with Gasteiger partial charge in [-0.2, -0.15) is 0 Å². The van der Waals surface area contributed by atoms with Gasteiger partial charge in [-0.1, -0.05) is 354 Å². The molecular weight excluding hydrogens is 1520 g/mol. The molecule has 0 unspecified atom stereocenters. The van der Waals surface area contributed by atoms with E-state index in [0.29, 0.717) is 22.3 Å². The second-order valence-electron chi connectivity index (χ2n) is 20.7. The Hall–Kier alpha value is -8.57. The number of halogens is 4. The molecule has 0 spiro atoms. The Balaban J connectivity index is 0.000000176. The van der Waals surface area contributed by atoms with E-state index in [-0.39, 0.29) is 80.1 Å². The molecule has 472 valence electrons. The third kappa shape index (κ3) is 22.3. The van der Waals surface area contributed by atoms with Crippen molar-refractivity contribution < 1.29 is 53.4 Å². The monoisotopic (exact) mass is 1570 g/mol. The van der Waals surface area contributed by atoms with Crippen molar-refractivity contribution in [2.75, 3.05) is 0 Å². The average Bonchev–Trinajstić information content (AvgIpc) is 1.06. The summed E-state index contributed by atoms with van der Waals surface area (Å²) in [4.78, 5) is 18.8. The van der Waals surface area contributed by atoms with Crippen LogP contribution < -0.4 is 20.4 Å². The first kappa shape index (κ1) is 72.8. The molecule has 14 heteroatoms. The zero-order valence-electron chi connectivity index (χ0n) is 50.2. The fourth-order valence-electron chi connectivity index (χ4n) is 9.64. The molecule has 12 rings (SSSR count).